The molecule has 3 aromatic heterocycles. The number of ether oxygens (including phenoxy) is 1. The lowest BCUT2D eigenvalue weighted by molar-refractivity contribution is 0.0526. The molecule has 3 heterocycles. The minimum absolute atomic E-state index is 0.167. The first kappa shape index (κ1) is 24.4. The number of nitrogens with zero attached hydrogens (tertiary/aromatic N) is 6. The van der Waals surface area contributed by atoms with E-state index in [4.69, 9.17) is 16.3 Å². The van der Waals surface area contributed by atoms with E-state index < -0.39 is 11.6 Å². The van der Waals surface area contributed by atoms with Gasteiger partial charge in [0.05, 0.1) is 41.2 Å². The van der Waals surface area contributed by atoms with E-state index in [0.29, 0.717) is 30.0 Å². The number of carbonyl (C=O) groups excluding carboxylic acids is 1. The fourth-order valence-electron chi connectivity index (χ4n) is 3.53. The number of benzene rings is 1. The van der Waals surface area contributed by atoms with Gasteiger partial charge in [0, 0.05) is 25.5 Å². The zero-order valence-corrected chi connectivity index (χ0v) is 20.6. The fraction of sp³-hybridized carbons (Fsp3) is 0.348. The number of esters is 1. The second-order valence-electron chi connectivity index (χ2n) is 8.64. The summed E-state index contributed by atoms with van der Waals surface area (Å²) in [6, 6.07) is 5.47. The Morgan fingerprint density at radius 3 is 2.74 bits per heavy atom. The van der Waals surface area contributed by atoms with Crippen LogP contribution in [-0.4, -0.2) is 52.2 Å². The number of nitrogens with one attached hydrogen (secondary N) is 1. The summed E-state index contributed by atoms with van der Waals surface area (Å²) in [5.41, 5.74) is 1.33. The number of anilines is 2. The van der Waals surface area contributed by atoms with Gasteiger partial charge in [0.15, 0.2) is 5.82 Å². The SMILES string of the molecule is CCOC(=O)c1cnn(-c2ncc(Cl)c(Nc3ccc4c(c3)n(CCC(C)(C)O)c(=O)n4C)n2)c1. The third kappa shape index (κ3) is 5.20. The van der Waals surface area contributed by atoms with Crippen LogP contribution in [0.3, 0.4) is 0 Å². The summed E-state index contributed by atoms with van der Waals surface area (Å²) in [6.07, 6.45) is 4.70. The summed E-state index contributed by atoms with van der Waals surface area (Å²) in [4.78, 5) is 33.3. The lowest BCUT2D eigenvalue weighted by atomic mass is 10.1. The van der Waals surface area contributed by atoms with Gasteiger partial charge in [0.25, 0.3) is 5.95 Å². The predicted octanol–water partition coefficient (Wildman–Crippen LogP) is 3.05. The standard InChI is InChI=1S/C23H26ClN7O4/c1-5-35-20(32)14-11-26-31(13-14)21-25-12-16(24)19(28-21)27-15-6-7-17-18(10-15)30(22(33)29(17)4)9-8-23(2,3)34/h6-7,10-13,34H,5,8-9H2,1-4H3,(H,25,27,28). The lowest BCUT2D eigenvalue weighted by Gasteiger charge is -2.17. The predicted molar refractivity (Wildman–Crippen MR) is 131 cm³/mol. The van der Waals surface area contributed by atoms with Crippen molar-refractivity contribution in [3.05, 3.63) is 57.9 Å². The Labute approximate surface area is 205 Å². The van der Waals surface area contributed by atoms with E-state index in [1.165, 1.54) is 23.3 Å². The molecule has 184 valence electrons. The molecule has 0 saturated carbocycles. The molecule has 0 aliphatic carbocycles. The largest absolute Gasteiger partial charge is 0.462 e. The minimum Gasteiger partial charge on any atom is -0.462 e. The van der Waals surface area contributed by atoms with Crippen LogP contribution in [0.5, 0.6) is 0 Å². The summed E-state index contributed by atoms with van der Waals surface area (Å²) in [7, 11) is 1.71. The molecule has 0 aliphatic heterocycles. The molecule has 0 aliphatic rings. The average molecular weight is 500 g/mol. The van der Waals surface area contributed by atoms with Crippen molar-refractivity contribution in [3.8, 4) is 5.95 Å². The van der Waals surface area contributed by atoms with Crippen molar-refractivity contribution in [1.82, 2.24) is 28.9 Å². The molecule has 4 rings (SSSR count). The van der Waals surface area contributed by atoms with E-state index in [1.807, 2.05) is 18.2 Å². The van der Waals surface area contributed by atoms with E-state index in [1.54, 1.807) is 37.0 Å². The van der Waals surface area contributed by atoms with E-state index in [0.717, 1.165) is 5.52 Å². The van der Waals surface area contributed by atoms with Crippen LogP contribution >= 0.6 is 11.6 Å². The highest BCUT2D eigenvalue weighted by atomic mass is 35.5. The summed E-state index contributed by atoms with van der Waals surface area (Å²) in [5.74, 6) is 0.0405. The fourth-order valence-corrected chi connectivity index (χ4v) is 3.67. The first-order valence-corrected chi connectivity index (χ1v) is 11.4. The van der Waals surface area contributed by atoms with Gasteiger partial charge in [-0.15, -0.1) is 0 Å². The van der Waals surface area contributed by atoms with E-state index in [2.05, 4.69) is 20.4 Å². The highest BCUT2D eigenvalue weighted by Gasteiger charge is 2.18. The van der Waals surface area contributed by atoms with E-state index >= 15 is 0 Å². The maximum absolute atomic E-state index is 12.8. The van der Waals surface area contributed by atoms with Crippen LogP contribution in [0, 0.1) is 0 Å². The maximum Gasteiger partial charge on any atom is 0.341 e. The van der Waals surface area contributed by atoms with Gasteiger partial charge in [-0.3, -0.25) is 9.13 Å². The summed E-state index contributed by atoms with van der Waals surface area (Å²) in [5, 5.41) is 17.7. The van der Waals surface area contributed by atoms with Gasteiger partial charge in [-0.05, 0) is 45.4 Å². The average Bonchev–Trinajstić information content (AvgIpc) is 3.38. The number of aromatic nitrogens is 6. The molecule has 0 unspecified atom stereocenters. The second kappa shape index (κ2) is 9.51. The molecule has 0 amide bonds. The minimum atomic E-state index is -0.901. The van der Waals surface area contributed by atoms with Gasteiger partial charge >= 0.3 is 11.7 Å². The Hall–Kier alpha value is -3.70. The number of fused-ring (bicyclic) bond motifs is 1. The zero-order chi connectivity index (χ0) is 25.3. The number of carbonyl (C=O) groups is 1. The highest BCUT2D eigenvalue weighted by molar-refractivity contribution is 6.32. The van der Waals surface area contributed by atoms with Crippen molar-refractivity contribution in [3.63, 3.8) is 0 Å². The van der Waals surface area contributed by atoms with Crippen molar-refractivity contribution in [2.24, 2.45) is 7.05 Å². The quantitative estimate of drug-likeness (QED) is 0.354. The molecule has 0 atom stereocenters. The van der Waals surface area contributed by atoms with Crippen LogP contribution in [0.2, 0.25) is 5.02 Å². The van der Waals surface area contributed by atoms with Crippen molar-refractivity contribution >= 4 is 40.1 Å². The molecule has 11 nitrogen and oxygen atoms in total. The Morgan fingerprint density at radius 1 is 1.26 bits per heavy atom. The molecule has 0 spiro atoms. The number of hydrogen-bond donors (Lipinski definition) is 2. The van der Waals surface area contributed by atoms with Gasteiger partial charge in [-0.25, -0.2) is 19.3 Å². The molecule has 35 heavy (non-hydrogen) atoms. The third-order valence-corrected chi connectivity index (χ3v) is 5.66. The van der Waals surface area contributed by atoms with Crippen LogP contribution in [0.4, 0.5) is 11.5 Å². The van der Waals surface area contributed by atoms with Gasteiger partial charge in [-0.1, -0.05) is 11.6 Å². The Bertz CT molecular complexity index is 1450. The number of aryl methyl sites for hydroxylation is 2. The number of imidazole rings is 1. The summed E-state index contributed by atoms with van der Waals surface area (Å²) >= 11 is 6.33. The molecule has 0 fully saturated rings. The summed E-state index contributed by atoms with van der Waals surface area (Å²) in [6.45, 7) is 5.76. The van der Waals surface area contributed by atoms with Gasteiger partial charge in [0.1, 0.15) is 5.02 Å². The third-order valence-electron chi connectivity index (χ3n) is 5.39. The Kier molecular flexibility index (Phi) is 6.64. The molecule has 4 aromatic rings. The molecule has 2 N–H and O–H groups in total. The molecule has 1 aromatic carbocycles. The number of halogens is 1. The van der Waals surface area contributed by atoms with Crippen LogP contribution < -0.4 is 11.0 Å². The molecular formula is C23H26ClN7O4. The van der Waals surface area contributed by atoms with Crippen LogP contribution in [-0.2, 0) is 18.3 Å². The van der Waals surface area contributed by atoms with Crippen LogP contribution in [0.25, 0.3) is 17.0 Å². The first-order valence-electron chi connectivity index (χ1n) is 11.0. The maximum atomic E-state index is 12.8. The highest BCUT2D eigenvalue weighted by Crippen LogP contribution is 2.26. The molecule has 12 heteroatoms. The van der Waals surface area contributed by atoms with Gasteiger partial charge < -0.3 is 15.2 Å². The first-order chi connectivity index (χ1) is 16.6. The van der Waals surface area contributed by atoms with E-state index in [9.17, 15) is 14.7 Å². The molecule has 0 bridgehead atoms. The Balaban J connectivity index is 1.65. The molecular weight excluding hydrogens is 474 g/mol. The number of rotatable bonds is 8. The smallest absolute Gasteiger partial charge is 0.341 e. The lowest BCUT2D eigenvalue weighted by Crippen LogP contribution is -2.27. The van der Waals surface area contributed by atoms with Gasteiger partial charge in [0.2, 0.25) is 0 Å². The van der Waals surface area contributed by atoms with Crippen LogP contribution in [0.15, 0.2) is 41.6 Å². The Morgan fingerprint density at radius 2 is 2.03 bits per heavy atom. The van der Waals surface area contributed by atoms with Gasteiger partial charge in [-0.2, -0.15) is 10.1 Å². The normalized spacial score (nSPS) is 11.7. The molecule has 0 saturated heterocycles. The van der Waals surface area contributed by atoms with Crippen molar-refractivity contribution in [2.75, 3.05) is 11.9 Å². The monoisotopic (exact) mass is 499 g/mol. The zero-order valence-electron chi connectivity index (χ0n) is 19.8. The van der Waals surface area contributed by atoms with Crippen molar-refractivity contribution in [1.29, 1.82) is 0 Å². The van der Waals surface area contributed by atoms with Crippen molar-refractivity contribution < 1.29 is 14.6 Å². The number of aliphatic hydroxyl groups is 1. The number of hydrogen-bond acceptors (Lipinski definition) is 8. The van der Waals surface area contributed by atoms with Crippen LogP contribution in [0.1, 0.15) is 37.6 Å². The van der Waals surface area contributed by atoms with Crippen molar-refractivity contribution in [2.45, 2.75) is 39.3 Å². The van der Waals surface area contributed by atoms with E-state index in [-0.39, 0.29) is 28.8 Å². The molecule has 0 radical (unpaired) electrons. The topological polar surface area (TPSA) is 129 Å². The second-order valence-corrected chi connectivity index (χ2v) is 9.05. The summed E-state index contributed by atoms with van der Waals surface area (Å²) < 4.78 is 9.53.